The molecule has 0 fully saturated rings. The number of ether oxygens (including phenoxy) is 1. The van der Waals surface area contributed by atoms with Gasteiger partial charge in [0.05, 0.1) is 16.3 Å². The highest BCUT2D eigenvalue weighted by atomic mass is 32.1. The van der Waals surface area contributed by atoms with Crippen LogP contribution in [-0.2, 0) is 13.0 Å². The number of thiophene rings is 1. The molecule has 192 valence electrons. The molecule has 0 amide bonds. The van der Waals surface area contributed by atoms with Crippen molar-refractivity contribution < 1.29 is 9.13 Å². The molecule has 7 heteroatoms. The van der Waals surface area contributed by atoms with Gasteiger partial charge in [0.25, 0.3) is 5.56 Å². The van der Waals surface area contributed by atoms with Crippen molar-refractivity contribution in [2.24, 2.45) is 4.99 Å². The van der Waals surface area contributed by atoms with Crippen LogP contribution in [0.3, 0.4) is 0 Å². The minimum atomic E-state index is -0.282. The highest BCUT2D eigenvalue weighted by Gasteiger charge is 2.32. The van der Waals surface area contributed by atoms with E-state index in [0.29, 0.717) is 15.8 Å². The maximum absolute atomic E-state index is 13.9. The summed E-state index contributed by atoms with van der Waals surface area (Å²) in [4.78, 5) is 20.7. The molecule has 4 nitrogen and oxygen atoms in total. The van der Waals surface area contributed by atoms with Crippen LogP contribution in [0.25, 0.3) is 11.8 Å². The molecule has 0 spiro atoms. The Morgan fingerprint density at radius 1 is 0.974 bits per heavy atom. The molecule has 3 aromatic carbocycles. The lowest BCUT2D eigenvalue weighted by atomic mass is 9.85. The van der Waals surface area contributed by atoms with Crippen LogP contribution < -0.4 is 19.6 Å². The van der Waals surface area contributed by atoms with Gasteiger partial charge in [-0.2, -0.15) is 0 Å². The average molecular weight is 551 g/mol. The fraction of sp³-hybridized carbons (Fsp3) is 0.125. The molecule has 0 saturated heterocycles. The SMILES string of the molecule is O=c1/c(=C\c2ccc(OCc3ccccc3F)cc2)sc2n1[C@H](c1cccs1)C1=C(N=2)c2ccccc2CC1. The first kappa shape index (κ1) is 24.0. The highest BCUT2D eigenvalue weighted by molar-refractivity contribution is 7.10. The van der Waals surface area contributed by atoms with Gasteiger partial charge in [0.1, 0.15) is 18.2 Å². The number of nitrogens with zero attached hydrogens (tertiary/aromatic N) is 2. The van der Waals surface area contributed by atoms with Crippen molar-refractivity contribution in [1.82, 2.24) is 4.57 Å². The Labute approximate surface area is 232 Å². The van der Waals surface area contributed by atoms with E-state index in [2.05, 4.69) is 35.7 Å². The number of allylic oxidation sites excluding steroid dienone is 1. The molecular formula is C32H23FN2O2S2. The molecule has 0 unspecified atom stereocenters. The molecule has 1 aliphatic carbocycles. The van der Waals surface area contributed by atoms with Gasteiger partial charge < -0.3 is 4.74 Å². The van der Waals surface area contributed by atoms with Crippen LogP contribution in [0.4, 0.5) is 4.39 Å². The van der Waals surface area contributed by atoms with E-state index < -0.39 is 0 Å². The lowest BCUT2D eigenvalue weighted by Gasteiger charge is -2.30. The molecule has 0 radical (unpaired) electrons. The van der Waals surface area contributed by atoms with Gasteiger partial charge >= 0.3 is 0 Å². The molecule has 39 heavy (non-hydrogen) atoms. The number of benzene rings is 3. The summed E-state index contributed by atoms with van der Waals surface area (Å²) in [5.74, 6) is 0.358. The van der Waals surface area contributed by atoms with Crippen LogP contribution in [0.1, 0.15) is 39.6 Å². The quantitative estimate of drug-likeness (QED) is 0.266. The van der Waals surface area contributed by atoms with Crippen LogP contribution >= 0.6 is 22.7 Å². The van der Waals surface area contributed by atoms with Crippen molar-refractivity contribution in [1.29, 1.82) is 0 Å². The molecule has 0 N–H and O–H groups in total. The smallest absolute Gasteiger partial charge is 0.271 e. The Morgan fingerprint density at radius 3 is 2.62 bits per heavy atom. The number of thiazole rings is 1. The Bertz CT molecular complexity index is 1900. The van der Waals surface area contributed by atoms with Gasteiger partial charge in [-0.15, -0.1) is 11.3 Å². The van der Waals surface area contributed by atoms with Crippen molar-refractivity contribution in [3.8, 4) is 5.75 Å². The topological polar surface area (TPSA) is 43.6 Å². The zero-order valence-corrected chi connectivity index (χ0v) is 22.5. The van der Waals surface area contributed by atoms with E-state index in [1.54, 1.807) is 29.5 Å². The number of rotatable bonds is 5. The van der Waals surface area contributed by atoms with Crippen molar-refractivity contribution in [2.75, 3.05) is 0 Å². The first-order chi connectivity index (χ1) is 19.2. The minimum Gasteiger partial charge on any atom is -0.489 e. The fourth-order valence-corrected chi connectivity index (χ4v) is 7.16. The van der Waals surface area contributed by atoms with Gasteiger partial charge in [0.15, 0.2) is 4.80 Å². The van der Waals surface area contributed by atoms with Crippen LogP contribution in [-0.4, -0.2) is 4.57 Å². The summed E-state index contributed by atoms with van der Waals surface area (Å²) < 4.78 is 22.2. The second-order valence-electron chi connectivity index (χ2n) is 9.58. The Hall–Kier alpha value is -4.07. The first-order valence-electron chi connectivity index (χ1n) is 12.8. The first-order valence-corrected chi connectivity index (χ1v) is 14.5. The summed E-state index contributed by atoms with van der Waals surface area (Å²) in [5.41, 5.74) is 6.08. The van der Waals surface area contributed by atoms with E-state index in [4.69, 9.17) is 9.73 Å². The van der Waals surface area contributed by atoms with Crippen molar-refractivity contribution in [3.05, 3.63) is 149 Å². The highest BCUT2D eigenvalue weighted by Crippen LogP contribution is 2.42. The largest absolute Gasteiger partial charge is 0.489 e. The van der Waals surface area contributed by atoms with Crippen molar-refractivity contribution in [2.45, 2.75) is 25.5 Å². The van der Waals surface area contributed by atoms with Gasteiger partial charge in [-0.25, -0.2) is 9.38 Å². The fourth-order valence-electron chi connectivity index (χ4n) is 5.31. The summed E-state index contributed by atoms with van der Waals surface area (Å²) >= 11 is 3.11. The number of hydrogen-bond donors (Lipinski definition) is 0. The molecule has 2 aliphatic rings. The third-order valence-electron chi connectivity index (χ3n) is 7.22. The van der Waals surface area contributed by atoms with Gasteiger partial charge in [0.2, 0.25) is 0 Å². The van der Waals surface area contributed by atoms with Gasteiger partial charge in [-0.05, 0) is 65.3 Å². The van der Waals surface area contributed by atoms with Crippen LogP contribution in [0, 0.1) is 5.82 Å². The second kappa shape index (κ2) is 9.91. The van der Waals surface area contributed by atoms with Crippen molar-refractivity contribution in [3.63, 3.8) is 0 Å². The molecule has 7 rings (SSSR count). The van der Waals surface area contributed by atoms with Gasteiger partial charge in [-0.1, -0.05) is 72.0 Å². The van der Waals surface area contributed by atoms with E-state index in [-0.39, 0.29) is 24.0 Å². The number of hydrogen-bond acceptors (Lipinski definition) is 5. The summed E-state index contributed by atoms with van der Waals surface area (Å²) in [6.45, 7) is 0.154. The third-order valence-corrected chi connectivity index (χ3v) is 9.12. The standard InChI is InChI=1S/C32H23FN2O2S2/c33-26-9-4-2-7-22(26)19-37-23-14-11-20(12-15-23)18-28-31(36)35-30(27-10-5-17-38-27)25-16-13-21-6-1-3-8-24(21)29(25)34-32(35)39-28/h1-12,14-15,17-18,30H,13,16,19H2/b28-18+/t30-/m0/s1. The zero-order chi connectivity index (χ0) is 26.3. The molecule has 2 aromatic heterocycles. The Kier molecular flexibility index (Phi) is 6.10. The van der Waals surface area contributed by atoms with Crippen LogP contribution in [0.2, 0.25) is 0 Å². The Balaban J connectivity index is 1.26. The number of aromatic nitrogens is 1. The number of fused-ring (bicyclic) bond motifs is 3. The molecule has 0 saturated carbocycles. The second-order valence-corrected chi connectivity index (χ2v) is 11.6. The van der Waals surface area contributed by atoms with E-state index in [9.17, 15) is 9.18 Å². The maximum atomic E-state index is 13.9. The van der Waals surface area contributed by atoms with E-state index in [1.807, 2.05) is 41.0 Å². The lowest BCUT2D eigenvalue weighted by Crippen LogP contribution is -2.38. The summed E-state index contributed by atoms with van der Waals surface area (Å²) in [7, 11) is 0. The number of halogens is 1. The monoisotopic (exact) mass is 550 g/mol. The van der Waals surface area contributed by atoms with E-state index in [0.717, 1.165) is 33.8 Å². The normalized spacial score (nSPS) is 16.3. The minimum absolute atomic E-state index is 0.0255. The maximum Gasteiger partial charge on any atom is 0.271 e. The molecule has 1 atom stereocenters. The van der Waals surface area contributed by atoms with Crippen molar-refractivity contribution >= 4 is 34.4 Å². The molecule has 0 bridgehead atoms. The molecular weight excluding hydrogens is 527 g/mol. The lowest BCUT2D eigenvalue weighted by molar-refractivity contribution is 0.300. The van der Waals surface area contributed by atoms with E-state index in [1.165, 1.54) is 34.1 Å². The zero-order valence-electron chi connectivity index (χ0n) is 20.8. The Morgan fingerprint density at radius 2 is 1.79 bits per heavy atom. The predicted molar refractivity (Wildman–Crippen MR) is 154 cm³/mol. The summed E-state index contributed by atoms with van der Waals surface area (Å²) in [5, 5.41) is 2.07. The van der Waals surface area contributed by atoms with Crippen LogP contribution in [0.5, 0.6) is 5.75 Å². The number of aryl methyl sites for hydroxylation is 1. The molecule has 1 aliphatic heterocycles. The summed E-state index contributed by atoms with van der Waals surface area (Å²) in [6, 6.07) is 26.6. The van der Waals surface area contributed by atoms with Gasteiger partial charge in [0, 0.05) is 16.0 Å². The molecule has 5 aromatic rings. The van der Waals surface area contributed by atoms with Crippen LogP contribution in [0.15, 0.2) is 106 Å². The van der Waals surface area contributed by atoms with E-state index >= 15 is 0 Å². The van der Waals surface area contributed by atoms with Gasteiger partial charge in [-0.3, -0.25) is 9.36 Å². The third kappa shape index (κ3) is 4.37. The predicted octanol–water partition coefficient (Wildman–Crippen LogP) is 6.10. The summed E-state index contributed by atoms with van der Waals surface area (Å²) in [6.07, 6.45) is 3.74. The molecule has 3 heterocycles. The average Bonchev–Trinajstić information content (AvgIpc) is 3.61.